The summed E-state index contributed by atoms with van der Waals surface area (Å²) >= 11 is 0. The smallest absolute Gasteiger partial charge is 0.266 e. The second kappa shape index (κ2) is 7.46. The summed E-state index contributed by atoms with van der Waals surface area (Å²) in [6, 6.07) is 6.67. The standard InChI is InChI=1S/C18H22N4O3/c1-12(2)25-16-7-5-14(11-20-16)18(24)19-9-10-22-17(23)8-6-15(21-22)13-3-4-13/h5-8,11-13H,3-4,9-10H2,1-2H3,(H,19,24). The Morgan fingerprint density at radius 1 is 1.32 bits per heavy atom. The maximum atomic E-state index is 12.1. The Hall–Kier alpha value is -2.70. The fraction of sp³-hybridized carbons (Fsp3) is 0.444. The summed E-state index contributed by atoms with van der Waals surface area (Å²) in [7, 11) is 0. The van der Waals surface area contributed by atoms with Crippen molar-refractivity contribution < 1.29 is 9.53 Å². The van der Waals surface area contributed by atoms with Crippen LogP contribution in [0.1, 0.15) is 48.7 Å². The van der Waals surface area contributed by atoms with Crippen LogP contribution in [0, 0.1) is 0 Å². The first-order valence-corrected chi connectivity index (χ1v) is 8.52. The van der Waals surface area contributed by atoms with E-state index in [0.717, 1.165) is 18.5 Å². The predicted octanol–water partition coefficient (Wildman–Crippen LogP) is 1.73. The van der Waals surface area contributed by atoms with Gasteiger partial charge in [0, 0.05) is 30.8 Å². The molecule has 7 nitrogen and oxygen atoms in total. The van der Waals surface area contributed by atoms with Crippen LogP contribution in [-0.2, 0) is 6.54 Å². The van der Waals surface area contributed by atoms with Crippen LogP contribution in [0.25, 0.3) is 0 Å². The van der Waals surface area contributed by atoms with Crippen LogP contribution in [0.15, 0.2) is 35.3 Å². The molecule has 0 radical (unpaired) electrons. The molecule has 132 valence electrons. The quantitative estimate of drug-likeness (QED) is 0.828. The number of nitrogens with one attached hydrogen (secondary N) is 1. The van der Waals surface area contributed by atoms with Crippen molar-refractivity contribution >= 4 is 5.91 Å². The molecule has 1 saturated carbocycles. The molecule has 0 spiro atoms. The van der Waals surface area contributed by atoms with Crippen molar-refractivity contribution in [1.82, 2.24) is 20.1 Å². The number of hydrogen-bond acceptors (Lipinski definition) is 5. The van der Waals surface area contributed by atoms with Crippen molar-refractivity contribution in [3.05, 3.63) is 52.1 Å². The SMILES string of the molecule is CC(C)Oc1ccc(C(=O)NCCn2nc(C3CC3)ccc2=O)cn1. The average molecular weight is 342 g/mol. The number of amides is 1. The van der Waals surface area contributed by atoms with E-state index in [1.54, 1.807) is 24.3 Å². The molecular formula is C18H22N4O3. The number of nitrogens with zero attached hydrogens (tertiary/aromatic N) is 3. The number of carbonyl (C=O) groups excluding carboxylic acids is 1. The van der Waals surface area contributed by atoms with Crippen LogP contribution >= 0.6 is 0 Å². The highest BCUT2D eigenvalue weighted by atomic mass is 16.5. The lowest BCUT2D eigenvalue weighted by Crippen LogP contribution is -2.32. The molecular weight excluding hydrogens is 320 g/mol. The van der Waals surface area contributed by atoms with Gasteiger partial charge in [0.25, 0.3) is 11.5 Å². The van der Waals surface area contributed by atoms with Crippen LogP contribution < -0.4 is 15.6 Å². The molecule has 0 unspecified atom stereocenters. The van der Waals surface area contributed by atoms with Gasteiger partial charge in [-0.2, -0.15) is 5.10 Å². The van der Waals surface area contributed by atoms with Gasteiger partial charge >= 0.3 is 0 Å². The molecule has 1 aliphatic rings. The van der Waals surface area contributed by atoms with Gasteiger partial charge in [0.1, 0.15) is 0 Å². The van der Waals surface area contributed by atoms with E-state index < -0.39 is 0 Å². The van der Waals surface area contributed by atoms with Crippen LogP contribution in [-0.4, -0.2) is 33.3 Å². The van der Waals surface area contributed by atoms with Gasteiger partial charge in [-0.05, 0) is 38.8 Å². The van der Waals surface area contributed by atoms with Crippen molar-refractivity contribution in [3.8, 4) is 5.88 Å². The topological polar surface area (TPSA) is 86.1 Å². The number of carbonyl (C=O) groups is 1. The Morgan fingerprint density at radius 2 is 2.12 bits per heavy atom. The van der Waals surface area contributed by atoms with Gasteiger partial charge in [0.2, 0.25) is 5.88 Å². The summed E-state index contributed by atoms with van der Waals surface area (Å²) in [6.45, 7) is 4.49. The van der Waals surface area contributed by atoms with Gasteiger partial charge in [0.15, 0.2) is 0 Å². The first kappa shape index (κ1) is 17.1. The van der Waals surface area contributed by atoms with Crippen LogP contribution in [0.2, 0.25) is 0 Å². The fourth-order valence-corrected chi connectivity index (χ4v) is 2.42. The molecule has 2 aromatic rings. The van der Waals surface area contributed by atoms with Gasteiger partial charge in [-0.1, -0.05) is 0 Å². The number of rotatable bonds is 7. The molecule has 0 bridgehead atoms. The molecule has 7 heteroatoms. The van der Waals surface area contributed by atoms with Crippen LogP contribution in [0.5, 0.6) is 5.88 Å². The molecule has 0 aromatic carbocycles. The Labute approximate surface area is 146 Å². The minimum absolute atomic E-state index is 0.0318. The summed E-state index contributed by atoms with van der Waals surface area (Å²) in [4.78, 5) is 28.1. The lowest BCUT2D eigenvalue weighted by Gasteiger charge is -2.10. The lowest BCUT2D eigenvalue weighted by atomic mass is 10.2. The number of ether oxygens (including phenoxy) is 1. The van der Waals surface area contributed by atoms with Crippen molar-refractivity contribution in [2.75, 3.05) is 6.54 Å². The summed E-state index contributed by atoms with van der Waals surface area (Å²) in [5, 5.41) is 7.15. The first-order chi connectivity index (χ1) is 12.0. The highest BCUT2D eigenvalue weighted by Gasteiger charge is 2.25. The Morgan fingerprint density at radius 3 is 2.76 bits per heavy atom. The number of hydrogen-bond donors (Lipinski definition) is 1. The Kier molecular flexibility index (Phi) is 5.11. The Bertz CT molecular complexity index is 795. The van der Waals surface area contributed by atoms with Crippen molar-refractivity contribution in [1.29, 1.82) is 0 Å². The van der Waals surface area contributed by atoms with Crippen molar-refractivity contribution in [3.63, 3.8) is 0 Å². The Balaban J connectivity index is 1.54. The fourth-order valence-electron chi connectivity index (χ4n) is 2.42. The van der Waals surface area contributed by atoms with Crippen LogP contribution in [0.4, 0.5) is 0 Å². The molecule has 1 fully saturated rings. The molecule has 2 heterocycles. The summed E-state index contributed by atoms with van der Waals surface area (Å²) in [6.07, 6.45) is 3.77. The second-order valence-electron chi connectivity index (χ2n) is 6.40. The largest absolute Gasteiger partial charge is 0.475 e. The van der Waals surface area contributed by atoms with E-state index in [1.807, 2.05) is 13.8 Å². The van der Waals surface area contributed by atoms with Gasteiger partial charge < -0.3 is 10.1 Å². The predicted molar refractivity (Wildman–Crippen MR) is 92.8 cm³/mol. The highest BCUT2D eigenvalue weighted by Crippen LogP contribution is 2.38. The minimum Gasteiger partial charge on any atom is -0.475 e. The average Bonchev–Trinajstić information content (AvgIpc) is 3.41. The third-order valence-electron chi connectivity index (χ3n) is 3.85. The van der Waals surface area contributed by atoms with E-state index >= 15 is 0 Å². The minimum atomic E-state index is -0.241. The molecule has 1 N–H and O–H groups in total. The highest BCUT2D eigenvalue weighted by molar-refractivity contribution is 5.93. The zero-order valence-electron chi connectivity index (χ0n) is 14.4. The monoisotopic (exact) mass is 342 g/mol. The molecule has 1 aliphatic carbocycles. The summed E-state index contributed by atoms with van der Waals surface area (Å²) in [5.74, 6) is 0.730. The number of aromatic nitrogens is 3. The normalized spacial score (nSPS) is 13.7. The summed E-state index contributed by atoms with van der Waals surface area (Å²) in [5.41, 5.74) is 1.24. The van der Waals surface area contributed by atoms with Crippen molar-refractivity contribution in [2.45, 2.75) is 45.3 Å². The van der Waals surface area contributed by atoms with Gasteiger partial charge in [-0.15, -0.1) is 0 Å². The zero-order chi connectivity index (χ0) is 17.8. The molecule has 3 rings (SSSR count). The molecule has 0 saturated heterocycles. The van der Waals surface area contributed by atoms with Crippen molar-refractivity contribution in [2.24, 2.45) is 0 Å². The maximum Gasteiger partial charge on any atom is 0.266 e. The maximum absolute atomic E-state index is 12.1. The second-order valence-corrected chi connectivity index (χ2v) is 6.40. The first-order valence-electron chi connectivity index (χ1n) is 8.52. The van der Waals surface area contributed by atoms with E-state index in [0.29, 0.717) is 30.5 Å². The third-order valence-corrected chi connectivity index (χ3v) is 3.85. The summed E-state index contributed by atoms with van der Waals surface area (Å²) < 4.78 is 6.86. The van der Waals surface area contributed by atoms with E-state index in [2.05, 4.69) is 15.4 Å². The molecule has 2 aromatic heterocycles. The van der Waals surface area contributed by atoms with Crippen LogP contribution in [0.3, 0.4) is 0 Å². The third kappa shape index (κ3) is 4.65. The lowest BCUT2D eigenvalue weighted by molar-refractivity contribution is 0.0951. The van der Waals surface area contributed by atoms with E-state index in [-0.39, 0.29) is 17.6 Å². The van der Waals surface area contributed by atoms with E-state index in [1.165, 1.54) is 10.9 Å². The number of pyridine rings is 1. The molecule has 0 aliphatic heterocycles. The molecule has 0 atom stereocenters. The van der Waals surface area contributed by atoms with Gasteiger partial charge in [-0.25, -0.2) is 9.67 Å². The zero-order valence-corrected chi connectivity index (χ0v) is 14.4. The van der Waals surface area contributed by atoms with Gasteiger partial charge in [0.05, 0.1) is 23.9 Å². The molecule has 25 heavy (non-hydrogen) atoms. The van der Waals surface area contributed by atoms with Gasteiger partial charge in [-0.3, -0.25) is 9.59 Å². The van der Waals surface area contributed by atoms with E-state index in [4.69, 9.17) is 4.74 Å². The molecule has 1 amide bonds. The van der Waals surface area contributed by atoms with E-state index in [9.17, 15) is 9.59 Å².